The monoisotopic (exact) mass is 250 g/mol. The molecule has 1 heterocycles. The van der Waals surface area contributed by atoms with Crippen LogP contribution < -0.4 is 10.1 Å². The molecule has 0 bridgehead atoms. The second-order valence-electron chi connectivity index (χ2n) is 5.82. The van der Waals surface area contributed by atoms with Gasteiger partial charge in [0.1, 0.15) is 0 Å². The Bertz CT molecular complexity index is 358. The van der Waals surface area contributed by atoms with Crippen molar-refractivity contribution in [2.75, 3.05) is 13.7 Å². The van der Waals surface area contributed by atoms with Gasteiger partial charge in [-0.1, -0.05) is 13.0 Å². The zero-order chi connectivity index (χ0) is 13.6. The van der Waals surface area contributed by atoms with E-state index in [9.17, 15) is 0 Å². The maximum absolute atomic E-state index is 5.30. The summed E-state index contributed by atoms with van der Waals surface area (Å²) in [4.78, 5) is 4.25. The van der Waals surface area contributed by atoms with Gasteiger partial charge in [-0.15, -0.1) is 0 Å². The minimum Gasteiger partial charge on any atom is -0.481 e. The molecule has 1 aromatic rings. The van der Waals surface area contributed by atoms with Gasteiger partial charge in [0.2, 0.25) is 5.88 Å². The summed E-state index contributed by atoms with van der Waals surface area (Å²) in [5.74, 6) is 1.24. The van der Waals surface area contributed by atoms with Crippen LogP contribution in [0.1, 0.15) is 52.0 Å². The van der Waals surface area contributed by atoms with Crippen molar-refractivity contribution in [2.45, 2.75) is 52.0 Å². The van der Waals surface area contributed by atoms with Gasteiger partial charge in [0.05, 0.1) is 7.11 Å². The summed E-state index contributed by atoms with van der Waals surface area (Å²) in [5.41, 5.74) is 1.41. The molecule has 0 aromatic carbocycles. The molecule has 0 aliphatic rings. The summed E-state index contributed by atoms with van der Waals surface area (Å²) < 4.78 is 5.30. The zero-order valence-electron chi connectivity index (χ0n) is 12.3. The van der Waals surface area contributed by atoms with Crippen molar-refractivity contribution in [1.29, 1.82) is 0 Å². The van der Waals surface area contributed by atoms with E-state index in [1.54, 1.807) is 13.3 Å². The number of aromatic nitrogens is 1. The van der Waals surface area contributed by atoms with Gasteiger partial charge < -0.3 is 10.1 Å². The molecule has 0 unspecified atom stereocenters. The lowest BCUT2D eigenvalue weighted by Gasteiger charge is -2.21. The average Bonchev–Trinajstić information content (AvgIpc) is 2.33. The molecule has 0 saturated carbocycles. The average molecular weight is 250 g/mol. The third-order valence-corrected chi connectivity index (χ3v) is 2.99. The van der Waals surface area contributed by atoms with E-state index in [0.717, 1.165) is 25.3 Å². The topological polar surface area (TPSA) is 34.1 Å². The Labute approximate surface area is 111 Å². The lowest BCUT2D eigenvalue weighted by Crippen LogP contribution is -2.36. The third-order valence-electron chi connectivity index (χ3n) is 2.99. The Morgan fingerprint density at radius 2 is 2.11 bits per heavy atom. The molecule has 1 atom stereocenters. The maximum Gasteiger partial charge on any atom is 0.216 e. The van der Waals surface area contributed by atoms with Gasteiger partial charge in [-0.3, -0.25) is 0 Å². The molecule has 3 nitrogen and oxygen atoms in total. The number of nitrogens with one attached hydrogen (secondary N) is 1. The van der Waals surface area contributed by atoms with Gasteiger partial charge in [-0.25, -0.2) is 4.98 Å². The molecule has 0 amide bonds. The summed E-state index contributed by atoms with van der Waals surface area (Å²) in [7, 11) is 1.68. The number of ether oxygens (including phenoxy) is 1. The SMILES string of the molecule is COc1ncccc1[C@@H](C)CCCNC(C)(C)C. The van der Waals surface area contributed by atoms with Crippen LogP contribution in [0, 0.1) is 0 Å². The van der Waals surface area contributed by atoms with Crippen LogP contribution in [0.25, 0.3) is 0 Å². The Morgan fingerprint density at radius 3 is 2.72 bits per heavy atom. The number of pyridine rings is 1. The number of hydrogen-bond donors (Lipinski definition) is 1. The fraction of sp³-hybridized carbons (Fsp3) is 0.667. The lowest BCUT2D eigenvalue weighted by atomic mass is 9.97. The summed E-state index contributed by atoms with van der Waals surface area (Å²) in [6.07, 6.45) is 4.08. The van der Waals surface area contributed by atoms with Crippen molar-refractivity contribution in [3.8, 4) is 5.88 Å². The molecule has 0 saturated heterocycles. The fourth-order valence-corrected chi connectivity index (χ4v) is 1.98. The molecular formula is C15H26N2O. The first kappa shape index (κ1) is 15.0. The van der Waals surface area contributed by atoms with Gasteiger partial charge in [-0.2, -0.15) is 0 Å². The minimum atomic E-state index is 0.204. The molecule has 3 heteroatoms. The molecule has 1 N–H and O–H groups in total. The van der Waals surface area contributed by atoms with Crippen LogP contribution in [0.3, 0.4) is 0 Å². The highest BCUT2D eigenvalue weighted by Crippen LogP contribution is 2.27. The minimum absolute atomic E-state index is 0.204. The van der Waals surface area contributed by atoms with E-state index < -0.39 is 0 Å². The predicted molar refractivity (Wildman–Crippen MR) is 76.2 cm³/mol. The summed E-state index contributed by atoms with van der Waals surface area (Å²) in [6.45, 7) is 9.87. The van der Waals surface area contributed by atoms with Gasteiger partial charge in [0, 0.05) is 17.3 Å². The molecule has 102 valence electrons. The van der Waals surface area contributed by atoms with E-state index in [1.165, 1.54) is 5.56 Å². The van der Waals surface area contributed by atoms with Crippen molar-refractivity contribution in [2.24, 2.45) is 0 Å². The van der Waals surface area contributed by atoms with E-state index in [2.05, 4.69) is 44.1 Å². The van der Waals surface area contributed by atoms with E-state index in [4.69, 9.17) is 4.74 Å². The molecule has 1 aromatic heterocycles. The molecule has 18 heavy (non-hydrogen) atoms. The van der Waals surface area contributed by atoms with Crippen LogP contribution >= 0.6 is 0 Å². The highest BCUT2D eigenvalue weighted by molar-refractivity contribution is 5.28. The van der Waals surface area contributed by atoms with Gasteiger partial charge in [-0.05, 0) is 52.1 Å². The van der Waals surface area contributed by atoms with Gasteiger partial charge >= 0.3 is 0 Å². The molecule has 1 rings (SSSR count). The first-order chi connectivity index (χ1) is 8.44. The van der Waals surface area contributed by atoms with Crippen LogP contribution in [0.4, 0.5) is 0 Å². The van der Waals surface area contributed by atoms with Gasteiger partial charge in [0.25, 0.3) is 0 Å². The zero-order valence-corrected chi connectivity index (χ0v) is 12.3. The Hall–Kier alpha value is -1.09. The van der Waals surface area contributed by atoms with Gasteiger partial charge in [0.15, 0.2) is 0 Å². The number of rotatable bonds is 6. The molecular weight excluding hydrogens is 224 g/mol. The molecule has 0 radical (unpaired) electrons. The van der Waals surface area contributed by atoms with Crippen LogP contribution in [0.2, 0.25) is 0 Å². The van der Waals surface area contributed by atoms with Crippen LogP contribution in [0.5, 0.6) is 5.88 Å². The van der Waals surface area contributed by atoms with Crippen LogP contribution in [0.15, 0.2) is 18.3 Å². The Kier molecular flexibility index (Phi) is 5.60. The second kappa shape index (κ2) is 6.74. The lowest BCUT2D eigenvalue weighted by molar-refractivity contribution is 0.384. The van der Waals surface area contributed by atoms with E-state index in [0.29, 0.717) is 5.92 Å². The number of hydrogen-bond acceptors (Lipinski definition) is 3. The van der Waals surface area contributed by atoms with Crippen molar-refractivity contribution < 1.29 is 4.74 Å². The number of nitrogens with zero attached hydrogens (tertiary/aromatic N) is 1. The predicted octanol–water partition coefficient (Wildman–Crippen LogP) is 3.36. The molecule has 0 aliphatic heterocycles. The summed E-state index contributed by atoms with van der Waals surface area (Å²) in [6, 6.07) is 4.08. The first-order valence-electron chi connectivity index (χ1n) is 6.68. The standard InChI is InChI=1S/C15H26N2O/c1-12(8-6-11-17-15(2,3)4)13-9-7-10-16-14(13)18-5/h7,9-10,12,17H,6,8,11H2,1-5H3/t12-/m0/s1. The number of methoxy groups -OCH3 is 1. The highest BCUT2D eigenvalue weighted by Gasteiger charge is 2.12. The summed E-state index contributed by atoms with van der Waals surface area (Å²) >= 11 is 0. The quantitative estimate of drug-likeness (QED) is 0.786. The molecule has 0 aliphatic carbocycles. The molecule has 0 fully saturated rings. The molecule has 0 spiro atoms. The fourth-order valence-electron chi connectivity index (χ4n) is 1.98. The Morgan fingerprint density at radius 1 is 1.39 bits per heavy atom. The normalized spacial score (nSPS) is 13.4. The largest absolute Gasteiger partial charge is 0.481 e. The third kappa shape index (κ3) is 5.05. The van der Waals surface area contributed by atoms with Crippen molar-refractivity contribution in [3.63, 3.8) is 0 Å². The van der Waals surface area contributed by atoms with E-state index >= 15 is 0 Å². The van der Waals surface area contributed by atoms with Crippen molar-refractivity contribution in [3.05, 3.63) is 23.9 Å². The van der Waals surface area contributed by atoms with Crippen molar-refractivity contribution in [1.82, 2.24) is 10.3 Å². The Balaban J connectivity index is 2.43. The van der Waals surface area contributed by atoms with E-state index in [1.807, 2.05) is 6.07 Å². The van der Waals surface area contributed by atoms with E-state index in [-0.39, 0.29) is 5.54 Å². The summed E-state index contributed by atoms with van der Waals surface area (Å²) in [5, 5.41) is 3.51. The van der Waals surface area contributed by atoms with Crippen LogP contribution in [-0.2, 0) is 0 Å². The maximum atomic E-state index is 5.30. The smallest absolute Gasteiger partial charge is 0.216 e. The van der Waals surface area contributed by atoms with Crippen molar-refractivity contribution >= 4 is 0 Å². The second-order valence-corrected chi connectivity index (χ2v) is 5.82. The first-order valence-corrected chi connectivity index (χ1v) is 6.68. The highest BCUT2D eigenvalue weighted by atomic mass is 16.5. The van der Waals surface area contributed by atoms with Crippen LogP contribution in [-0.4, -0.2) is 24.2 Å².